The number of nitrogens with one attached hydrogen (secondary N) is 1. The Balaban J connectivity index is 1.55. The van der Waals surface area contributed by atoms with Crippen LogP contribution in [0, 0.1) is 11.7 Å². The summed E-state index contributed by atoms with van der Waals surface area (Å²) in [5.74, 6) is -1.28. The highest BCUT2D eigenvalue weighted by Gasteiger charge is 2.36. The molecule has 0 saturated heterocycles. The number of fused-ring (bicyclic) bond motifs is 3. The fourth-order valence-electron chi connectivity index (χ4n) is 4.54. The van der Waals surface area contributed by atoms with Gasteiger partial charge in [-0.05, 0) is 30.5 Å². The van der Waals surface area contributed by atoms with Gasteiger partial charge in [-0.15, -0.1) is 0 Å². The Bertz CT molecular complexity index is 1080. The van der Waals surface area contributed by atoms with Crippen LogP contribution in [0.1, 0.15) is 47.1 Å². The van der Waals surface area contributed by atoms with Crippen molar-refractivity contribution in [2.24, 2.45) is 5.92 Å². The minimum atomic E-state index is -4.87. The molecule has 1 N–H and O–H groups in total. The van der Waals surface area contributed by atoms with Crippen LogP contribution in [0.15, 0.2) is 18.2 Å². The minimum Gasteiger partial charge on any atom is -0.340 e. The largest absolute Gasteiger partial charge is 0.419 e. The number of anilines is 1. The number of carbonyl (C=O) groups excluding carboxylic acids is 2. The predicted molar refractivity (Wildman–Crippen MR) is 112 cm³/mol. The molecule has 11 heteroatoms. The van der Waals surface area contributed by atoms with Crippen molar-refractivity contribution in [1.82, 2.24) is 19.6 Å². The minimum absolute atomic E-state index is 0.113. The van der Waals surface area contributed by atoms with Crippen molar-refractivity contribution in [1.29, 1.82) is 0 Å². The molecule has 0 aliphatic carbocycles. The third kappa shape index (κ3) is 4.53. The lowest BCUT2D eigenvalue weighted by Crippen LogP contribution is -2.39. The number of alkyl halides is 3. The van der Waals surface area contributed by atoms with Crippen LogP contribution in [0.3, 0.4) is 0 Å². The summed E-state index contributed by atoms with van der Waals surface area (Å²) in [7, 11) is 1.75. The molecule has 178 valence electrons. The van der Waals surface area contributed by atoms with Crippen LogP contribution in [-0.4, -0.2) is 51.7 Å². The molecule has 4 rings (SSSR count). The second-order valence-electron chi connectivity index (χ2n) is 8.59. The van der Waals surface area contributed by atoms with Crippen molar-refractivity contribution < 1.29 is 27.2 Å². The third-order valence-electron chi connectivity index (χ3n) is 6.12. The van der Waals surface area contributed by atoms with E-state index in [4.69, 9.17) is 0 Å². The van der Waals surface area contributed by atoms with Gasteiger partial charge in [0.15, 0.2) is 0 Å². The average Bonchev–Trinajstić information content (AvgIpc) is 3.05. The SMILES string of the molecule is CCC[C@@H]1CN(C)C(=O)c2c3c(nn2C1)CCN(C(=O)Nc1ccc(F)c(C(F)(F)F)c1)C3. The molecule has 0 saturated carbocycles. The van der Waals surface area contributed by atoms with Gasteiger partial charge in [0.25, 0.3) is 5.91 Å². The molecule has 2 aromatic rings. The van der Waals surface area contributed by atoms with Crippen molar-refractivity contribution in [3.05, 3.63) is 46.5 Å². The number of hydrogen-bond donors (Lipinski definition) is 1. The number of benzene rings is 1. The first-order valence-electron chi connectivity index (χ1n) is 10.8. The Morgan fingerprint density at radius 3 is 2.73 bits per heavy atom. The first-order valence-corrected chi connectivity index (χ1v) is 10.8. The summed E-state index contributed by atoms with van der Waals surface area (Å²) in [5.41, 5.74) is 0.282. The number of aromatic nitrogens is 2. The van der Waals surface area contributed by atoms with Crippen LogP contribution in [0.25, 0.3) is 0 Å². The molecule has 0 spiro atoms. The van der Waals surface area contributed by atoms with E-state index in [-0.39, 0.29) is 24.1 Å². The Hall–Kier alpha value is -3.11. The quantitative estimate of drug-likeness (QED) is 0.690. The van der Waals surface area contributed by atoms with Crippen LogP contribution < -0.4 is 5.32 Å². The molecule has 0 bridgehead atoms. The van der Waals surface area contributed by atoms with Crippen molar-refractivity contribution >= 4 is 17.6 Å². The number of hydrogen-bond acceptors (Lipinski definition) is 3. The Kier molecular flexibility index (Phi) is 6.06. The molecule has 2 aliphatic rings. The maximum Gasteiger partial charge on any atom is 0.419 e. The lowest BCUT2D eigenvalue weighted by atomic mass is 10.0. The fourth-order valence-corrected chi connectivity index (χ4v) is 4.54. The first-order chi connectivity index (χ1) is 15.6. The Morgan fingerprint density at radius 1 is 1.27 bits per heavy atom. The van der Waals surface area contributed by atoms with E-state index in [2.05, 4.69) is 17.3 Å². The Labute approximate surface area is 188 Å². The molecule has 0 radical (unpaired) electrons. The zero-order chi connectivity index (χ0) is 23.9. The van der Waals surface area contributed by atoms with Gasteiger partial charge in [0.1, 0.15) is 11.5 Å². The molecule has 0 fully saturated rings. The van der Waals surface area contributed by atoms with Gasteiger partial charge in [-0.2, -0.15) is 18.3 Å². The molecular formula is C22H25F4N5O2. The van der Waals surface area contributed by atoms with Crippen LogP contribution in [0.5, 0.6) is 0 Å². The summed E-state index contributed by atoms with van der Waals surface area (Å²) in [6, 6.07) is 1.70. The van der Waals surface area contributed by atoms with Crippen molar-refractivity contribution in [2.45, 2.75) is 45.5 Å². The van der Waals surface area contributed by atoms with E-state index in [1.54, 1.807) is 16.6 Å². The highest BCUT2D eigenvalue weighted by Crippen LogP contribution is 2.33. The standard InChI is InChI=1S/C22H25F4N5O2/c1-3-4-13-10-29(2)20(32)19-15-12-30(8-7-18(15)28-31(19)11-13)21(33)27-14-5-6-17(23)16(9-14)22(24,25)26/h5-6,9,13H,3-4,7-8,10-12H2,1-2H3,(H,27,33)/t13-/m1/s1. The molecule has 33 heavy (non-hydrogen) atoms. The smallest absolute Gasteiger partial charge is 0.340 e. The molecular weight excluding hydrogens is 442 g/mol. The number of urea groups is 1. The van der Waals surface area contributed by atoms with Crippen molar-refractivity contribution in [2.75, 3.05) is 25.5 Å². The van der Waals surface area contributed by atoms with Gasteiger partial charge in [-0.25, -0.2) is 9.18 Å². The van der Waals surface area contributed by atoms with E-state index in [1.165, 1.54) is 4.90 Å². The summed E-state index contributed by atoms with van der Waals surface area (Å²) in [5, 5.41) is 7.05. The lowest BCUT2D eigenvalue weighted by molar-refractivity contribution is -0.139. The van der Waals surface area contributed by atoms with Crippen LogP contribution in [0.2, 0.25) is 0 Å². The number of halogens is 4. The van der Waals surface area contributed by atoms with E-state index >= 15 is 0 Å². The van der Waals surface area contributed by atoms with Crippen LogP contribution in [-0.2, 0) is 25.7 Å². The van der Waals surface area contributed by atoms with E-state index in [1.807, 2.05) is 0 Å². The highest BCUT2D eigenvalue weighted by atomic mass is 19.4. The normalized spacial score (nSPS) is 18.6. The van der Waals surface area contributed by atoms with Gasteiger partial charge >= 0.3 is 12.2 Å². The summed E-state index contributed by atoms with van der Waals surface area (Å²) in [6.45, 7) is 3.75. The molecule has 3 amide bonds. The summed E-state index contributed by atoms with van der Waals surface area (Å²) < 4.78 is 54.2. The summed E-state index contributed by atoms with van der Waals surface area (Å²) >= 11 is 0. The summed E-state index contributed by atoms with van der Waals surface area (Å²) in [4.78, 5) is 28.9. The topological polar surface area (TPSA) is 70.5 Å². The number of carbonyl (C=O) groups is 2. The molecule has 1 atom stereocenters. The Morgan fingerprint density at radius 2 is 2.03 bits per heavy atom. The molecule has 3 heterocycles. The number of amides is 3. The van der Waals surface area contributed by atoms with Gasteiger partial charge in [-0.1, -0.05) is 13.3 Å². The van der Waals surface area contributed by atoms with Gasteiger partial charge in [-0.3, -0.25) is 9.48 Å². The van der Waals surface area contributed by atoms with Crippen molar-refractivity contribution in [3.63, 3.8) is 0 Å². The summed E-state index contributed by atoms with van der Waals surface area (Å²) in [6.07, 6.45) is -2.48. The van der Waals surface area contributed by atoms with Gasteiger partial charge < -0.3 is 15.1 Å². The lowest BCUT2D eigenvalue weighted by Gasteiger charge is -2.27. The predicted octanol–water partition coefficient (Wildman–Crippen LogP) is 4.13. The maximum absolute atomic E-state index is 13.5. The monoisotopic (exact) mass is 467 g/mol. The third-order valence-corrected chi connectivity index (χ3v) is 6.12. The molecule has 0 unspecified atom stereocenters. The number of nitrogens with zero attached hydrogens (tertiary/aromatic N) is 4. The maximum atomic E-state index is 13.5. The average molecular weight is 467 g/mol. The zero-order valence-corrected chi connectivity index (χ0v) is 18.4. The fraction of sp³-hybridized carbons (Fsp3) is 0.500. The van der Waals surface area contributed by atoms with Gasteiger partial charge in [0.2, 0.25) is 0 Å². The molecule has 7 nitrogen and oxygen atoms in total. The van der Waals surface area contributed by atoms with Crippen LogP contribution >= 0.6 is 0 Å². The molecule has 2 aliphatic heterocycles. The van der Waals surface area contributed by atoms with E-state index in [0.29, 0.717) is 49.4 Å². The zero-order valence-electron chi connectivity index (χ0n) is 18.4. The molecule has 1 aromatic heterocycles. The van der Waals surface area contributed by atoms with Crippen molar-refractivity contribution in [3.8, 4) is 0 Å². The second kappa shape index (κ2) is 8.68. The molecule has 1 aromatic carbocycles. The van der Waals surface area contributed by atoms with Gasteiger partial charge in [0.05, 0.1) is 17.8 Å². The van der Waals surface area contributed by atoms with E-state index in [0.717, 1.165) is 24.6 Å². The van der Waals surface area contributed by atoms with E-state index in [9.17, 15) is 27.2 Å². The highest BCUT2D eigenvalue weighted by molar-refractivity contribution is 5.95. The first kappa shape index (κ1) is 23.1. The van der Waals surface area contributed by atoms with Gasteiger partial charge in [0, 0.05) is 44.4 Å². The second-order valence-corrected chi connectivity index (χ2v) is 8.59. The van der Waals surface area contributed by atoms with Crippen LogP contribution in [0.4, 0.5) is 28.0 Å². The number of rotatable bonds is 3. The van der Waals surface area contributed by atoms with E-state index < -0.39 is 23.6 Å².